The zero-order valence-corrected chi connectivity index (χ0v) is 13.2. The molecule has 0 saturated carbocycles. The predicted molar refractivity (Wildman–Crippen MR) is 82.7 cm³/mol. The molecule has 1 amide bonds. The summed E-state index contributed by atoms with van der Waals surface area (Å²) in [7, 11) is -2.13. The minimum atomic E-state index is -3.62. The molecule has 0 atom stereocenters. The van der Waals surface area contributed by atoms with E-state index in [1.165, 1.54) is 17.5 Å². The van der Waals surface area contributed by atoms with Crippen LogP contribution in [0.5, 0.6) is 5.75 Å². The van der Waals surface area contributed by atoms with Gasteiger partial charge in [-0.25, -0.2) is 12.7 Å². The minimum Gasteiger partial charge on any atom is -0.497 e. The van der Waals surface area contributed by atoms with Crippen LogP contribution in [0.1, 0.15) is 13.8 Å². The Bertz CT molecular complexity index is 597. The first-order valence-corrected chi connectivity index (χ1v) is 8.16. The number of amides is 1. The lowest BCUT2D eigenvalue weighted by atomic mass is 10.2. The van der Waals surface area contributed by atoms with E-state index in [1.807, 2.05) is 0 Å². The third kappa shape index (κ3) is 4.61. The molecule has 0 unspecified atom stereocenters. The third-order valence-corrected chi connectivity index (χ3v) is 4.88. The second-order valence-electron chi connectivity index (χ2n) is 4.34. The summed E-state index contributed by atoms with van der Waals surface area (Å²) in [6.45, 7) is 4.10. The molecular weight excluding hydrogens is 294 g/mol. The van der Waals surface area contributed by atoms with Gasteiger partial charge in [-0.05, 0) is 12.1 Å². The number of nitrogens with two attached hydrogens (primary N) is 1. The van der Waals surface area contributed by atoms with Gasteiger partial charge in [0.1, 0.15) is 11.5 Å². The molecule has 0 aliphatic carbocycles. The highest BCUT2D eigenvalue weighted by molar-refractivity contribution is 7.89. The van der Waals surface area contributed by atoms with Gasteiger partial charge in [0.25, 0.3) is 0 Å². The number of hydrogen-bond acceptors (Lipinski definition) is 5. The maximum absolute atomic E-state index is 12.0. The van der Waals surface area contributed by atoms with E-state index < -0.39 is 21.7 Å². The average molecular weight is 315 g/mol. The number of anilines is 2. The Hall–Kier alpha value is -1.80. The van der Waals surface area contributed by atoms with Gasteiger partial charge >= 0.3 is 0 Å². The van der Waals surface area contributed by atoms with E-state index in [4.69, 9.17) is 10.5 Å². The number of methoxy groups -OCH3 is 1. The van der Waals surface area contributed by atoms with Gasteiger partial charge in [0.05, 0.1) is 18.5 Å². The van der Waals surface area contributed by atoms with E-state index in [9.17, 15) is 13.2 Å². The van der Waals surface area contributed by atoms with Crippen LogP contribution < -0.4 is 15.8 Å². The largest absolute Gasteiger partial charge is 0.497 e. The number of hydrogen-bond donors (Lipinski definition) is 2. The molecule has 0 saturated heterocycles. The summed E-state index contributed by atoms with van der Waals surface area (Å²) in [5, 5.41) is 2.49. The van der Waals surface area contributed by atoms with Crippen LogP contribution >= 0.6 is 0 Å². The molecule has 3 N–H and O–H groups in total. The lowest BCUT2D eigenvalue weighted by molar-refractivity contribution is -0.113. The fourth-order valence-corrected chi connectivity index (χ4v) is 3.20. The number of nitrogens with one attached hydrogen (secondary N) is 1. The van der Waals surface area contributed by atoms with Gasteiger partial charge in [-0.15, -0.1) is 0 Å². The van der Waals surface area contributed by atoms with Crippen molar-refractivity contribution >= 4 is 27.3 Å². The standard InChI is InChI=1S/C13H21N3O4S/c1-4-16(5-2)21(18,19)9-13(17)15-12-8-10(20-3)6-7-11(12)14/h6-8H,4-5,9,14H2,1-3H3,(H,15,17). The summed E-state index contributed by atoms with van der Waals surface area (Å²) < 4.78 is 30.3. The first kappa shape index (κ1) is 17.3. The molecule has 7 nitrogen and oxygen atoms in total. The summed E-state index contributed by atoms with van der Waals surface area (Å²) in [4.78, 5) is 11.9. The van der Waals surface area contributed by atoms with Gasteiger partial charge in [-0.1, -0.05) is 13.8 Å². The number of benzene rings is 1. The zero-order valence-electron chi connectivity index (χ0n) is 12.4. The summed E-state index contributed by atoms with van der Waals surface area (Å²) in [6, 6.07) is 4.77. The Kier molecular flexibility index (Phi) is 5.98. The minimum absolute atomic E-state index is 0.327. The van der Waals surface area contributed by atoms with Gasteiger partial charge in [0.2, 0.25) is 15.9 Å². The van der Waals surface area contributed by atoms with Gasteiger partial charge in [0.15, 0.2) is 0 Å². The van der Waals surface area contributed by atoms with E-state index in [0.717, 1.165) is 0 Å². The summed E-state index contributed by atoms with van der Waals surface area (Å²) in [5.74, 6) is -0.737. The van der Waals surface area contributed by atoms with Crippen molar-refractivity contribution in [3.05, 3.63) is 18.2 Å². The van der Waals surface area contributed by atoms with E-state index >= 15 is 0 Å². The normalized spacial score (nSPS) is 11.4. The molecule has 118 valence electrons. The van der Waals surface area contributed by atoms with Crippen molar-refractivity contribution in [3.8, 4) is 5.75 Å². The van der Waals surface area contributed by atoms with Gasteiger partial charge in [-0.2, -0.15) is 0 Å². The second-order valence-corrected chi connectivity index (χ2v) is 6.31. The average Bonchev–Trinajstić information content (AvgIpc) is 2.41. The number of nitrogens with zero attached hydrogens (tertiary/aromatic N) is 1. The molecule has 1 rings (SSSR count). The summed E-state index contributed by atoms with van der Waals surface area (Å²) >= 11 is 0. The van der Waals surface area contributed by atoms with Crippen LogP contribution in [0.2, 0.25) is 0 Å². The first-order chi connectivity index (χ1) is 9.83. The van der Waals surface area contributed by atoms with Crippen molar-refractivity contribution in [1.82, 2.24) is 4.31 Å². The van der Waals surface area contributed by atoms with E-state index in [-0.39, 0.29) is 0 Å². The maximum Gasteiger partial charge on any atom is 0.241 e. The number of sulfonamides is 1. The molecule has 1 aromatic rings. The van der Waals surface area contributed by atoms with Crippen LogP contribution in [0.25, 0.3) is 0 Å². The highest BCUT2D eigenvalue weighted by atomic mass is 32.2. The van der Waals surface area contributed by atoms with E-state index in [2.05, 4.69) is 5.32 Å². The van der Waals surface area contributed by atoms with Crippen LogP contribution in [0.15, 0.2) is 18.2 Å². The summed E-state index contributed by atoms with van der Waals surface area (Å²) in [6.07, 6.45) is 0. The predicted octanol–water partition coefficient (Wildman–Crippen LogP) is 0.887. The fraction of sp³-hybridized carbons (Fsp3) is 0.462. The maximum atomic E-state index is 12.0. The van der Waals surface area contributed by atoms with Gasteiger partial charge < -0.3 is 15.8 Å². The van der Waals surface area contributed by atoms with Crippen molar-refractivity contribution in [1.29, 1.82) is 0 Å². The Labute approximate surface area is 125 Å². The zero-order chi connectivity index (χ0) is 16.0. The molecule has 21 heavy (non-hydrogen) atoms. The molecule has 0 spiro atoms. The van der Waals surface area contributed by atoms with Crippen molar-refractivity contribution in [2.24, 2.45) is 0 Å². The fourth-order valence-electron chi connectivity index (χ4n) is 1.83. The first-order valence-electron chi connectivity index (χ1n) is 6.55. The van der Waals surface area contributed by atoms with E-state index in [1.54, 1.807) is 26.0 Å². The third-order valence-electron chi connectivity index (χ3n) is 2.95. The second kappa shape index (κ2) is 7.28. The quantitative estimate of drug-likeness (QED) is 0.728. The summed E-state index contributed by atoms with van der Waals surface area (Å²) in [5.41, 5.74) is 6.40. The van der Waals surface area contributed by atoms with Crippen molar-refractivity contribution < 1.29 is 17.9 Å². The SMILES string of the molecule is CCN(CC)S(=O)(=O)CC(=O)Nc1cc(OC)ccc1N. The number of carbonyl (C=O) groups is 1. The molecule has 0 bridgehead atoms. The Morgan fingerprint density at radius 1 is 1.33 bits per heavy atom. The lowest BCUT2D eigenvalue weighted by Gasteiger charge is -2.18. The van der Waals surface area contributed by atoms with E-state index in [0.29, 0.717) is 30.2 Å². The topological polar surface area (TPSA) is 102 Å². The van der Waals surface area contributed by atoms with Crippen molar-refractivity contribution in [3.63, 3.8) is 0 Å². The van der Waals surface area contributed by atoms with Crippen LogP contribution in [0.3, 0.4) is 0 Å². The molecule has 0 fully saturated rings. The van der Waals surface area contributed by atoms with Gasteiger partial charge in [0, 0.05) is 19.2 Å². The van der Waals surface area contributed by atoms with Crippen LogP contribution in [0.4, 0.5) is 11.4 Å². The highest BCUT2D eigenvalue weighted by Crippen LogP contribution is 2.24. The van der Waals surface area contributed by atoms with Crippen molar-refractivity contribution in [2.75, 3.05) is 37.0 Å². The van der Waals surface area contributed by atoms with Crippen LogP contribution in [0, 0.1) is 0 Å². The molecule has 0 aromatic heterocycles. The number of ether oxygens (including phenoxy) is 1. The van der Waals surface area contributed by atoms with Gasteiger partial charge in [-0.3, -0.25) is 4.79 Å². The monoisotopic (exact) mass is 315 g/mol. The molecule has 0 radical (unpaired) electrons. The molecule has 1 aromatic carbocycles. The lowest BCUT2D eigenvalue weighted by Crippen LogP contribution is -2.37. The number of rotatable bonds is 7. The molecule has 0 aliphatic rings. The Morgan fingerprint density at radius 2 is 1.95 bits per heavy atom. The van der Waals surface area contributed by atoms with Crippen LogP contribution in [-0.2, 0) is 14.8 Å². The number of nitrogen functional groups attached to an aromatic ring is 1. The Balaban J connectivity index is 2.83. The number of carbonyl (C=O) groups excluding carboxylic acids is 1. The van der Waals surface area contributed by atoms with Crippen molar-refractivity contribution in [2.45, 2.75) is 13.8 Å². The molecular formula is C13H21N3O4S. The molecule has 8 heteroatoms. The molecule has 0 heterocycles. The Morgan fingerprint density at radius 3 is 2.48 bits per heavy atom. The highest BCUT2D eigenvalue weighted by Gasteiger charge is 2.23. The van der Waals surface area contributed by atoms with Crippen LogP contribution in [-0.4, -0.2) is 44.6 Å². The smallest absolute Gasteiger partial charge is 0.241 e. The molecule has 0 aliphatic heterocycles.